The van der Waals surface area contributed by atoms with Crippen LogP contribution < -0.4 is 4.90 Å². The summed E-state index contributed by atoms with van der Waals surface area (Å²) in [5.74, 6) is 0. The summed E-state index contributed by atoms with van der Waals surface area (Å²) in [6.45, 7) is 6.35. The summed E-state index contributed by atoms with van der Waals surface area (Å²) in [6.07, 6.45) is 0. The summed E-state index contributed by atoms with van der Waals surface area (Å²) in [5, 5.41) is 2.09. The van der Waals surface area contributed by atoms with Gasteiger partial charge in [0.1, 0.15) is 15.7 Å². The van der Waals surface area contributed by atoms with Crippen molar-refractivity contribution in [3.63, 3.8) is 0 Å². The Balaban J connectivity index is 1.74. The number of thiol groups is 1. The molecule has 0 saturated heterocycles. The first kappa shape index (κ1) is 22.5. The van der Waals surface area contributed by atoms with Gasteiger partial charge in [-0.15, -0.1) is 12.6 Å². The summed E-state index contributed by atoms with van der Waals surface area (Å²) >= 11 is 6.17. The number of rotatable bonds is 5. The van der Waals surface area contributed by atoms with Crippen molar-refractivity contribution in [2.45, 2.75) is 25.7 Å². The summed E-state index contributed by atoms with van der Waals surface area (Å²) in [4.78, 5) is 8.44. The quantitative estimate of drug-likeness (QED) is 0.253. The van der Waals surface area contributed by atoms with Gasteiger partial charge in [-0.05, 0) is 57.2 Å². The zero-order valence-corrected chi connectivity index (χ0v) is 21.2. The molecule has 4 heteroatoms. The first-order valence-corrected chi connectivity index (χ1v) is 12.5. The maximum Gasteiger partial charge on any atom is 0.129 e. The highest BCUT2D eigenvalue weighted by Gasteiger charge is 2.22. The van der Waals surface area contributed by atoms with E-state index in [9.17, 15) is 0 Å². The number of hydrogen-bond acceptors (Lipinski definition) is 4. The topological polar surface area (TPSA) is 16.1 Å². The second-order valence-electron chi connectivity index (χ2n) is 8.59. The van der Waals surface area contributed by atoms with E-state index in [2.05, 4.69) is 123 Å². The van der Waals surface area contributed by atoms with Gasteiger partial charge in [-0.2, -0.15) is 0 Å². The minimum atomic E-state index is 0.945. The molecule has 0 amide bonds. The number of aryl methyl sites for hydroxylation is 3. The van der Waals surface area contributed by atoms with Crippen molar-refractivity contribution in [2.24, 2.45) is 0 Å². The third-order valence-electron chi connectivity index (χ3n) is 5.84. The van der Waals surface area contributed by atoms with Crippen molar-refractivity contribution < 1.29 is 0 Å². The monoisotopic (exact) mass is 478 g/mol. The largest absolute Gasteiger partial charge is 0.300 e. The van der Waals surface area contributed by atoms with Crippen LogP contribution in [0.25, 0.3) is 21.8 Å². The van der Waals surface area contributed by atoms with Gasteiger partial charge in [0.25, 0.3) is 0 Å². The molecule has 1 aromatic heterocycles. The molecule has 4 aromatic carbocycles. The van der Waals surface area contributed by atoms with E-state index < -0.39 is 0 Å². The normalized spacial score (nSPS) is 10.9. The lowest BCUT2D eigenvalue weighted by molar-refractivity contribution is 1.28. The van der Waals surface area contributed by atoms with Crippen LogP contribution in [-0.4, -0.2) is 4.98 Å². The number of benzene rings is 4. The number of thiazole rings is 1. The average Bonchev–Trinajstić information content (AvgIpc) is 3.27. The Hall–Kier alpha value is -3.34. The van der Waals surface area contributed by atoms with E-state index >= 15 is 0 Å². The van der Waals surface area contributed by atoms with Gasteiger partial charge in [0.15, 0.2) is 0 Å². The Morgan fingerprint density at radius 3 is 1.53 bits per heavy atom. The molecule has 2 nitrogen and oxygen atoms in total. The van der Waals surface area contributed by atoms with Crippen LogP contribution in [0.5, 0.6) is 0 Å². The van der Waals surface area contributed by atoms with Crippen LogP contribution in [-0.2, 0) is 0 Å². The minimum Gasteiger partial charge on any atom is -0.300 e. The molecule has 0 atom stereocenters. The van der Waals surface area contributed by atoms with Crippen molar-refractivity contribution in [3.8, 4) is 21.8 Å². The standard InChI is InChI=1S/C30H26N2S2/c1-20-4-10-23(11-5-20)28-30(34-29(31-28)24-12-18-27(33)19-13-24)32(25-14-6-21(2)7-15-25)26-16-8-22(3)9-17-26/h4-19,33H,1-3H3. The molecule has 5 rings (SSSR count). The second-order valence-corrected chi connectivity index (χ2v) is 10.1. The molecular formula is C30H26N2S2. The van der Waals surface area contributed by atoms with Crippen molar-refractivity contribution in [1.29, 1.82) is 0 Å². The molecule has 0 spiro atoms. The summed E-state index contributed by atoms with van der Waals surface area (Å²) in [5.41, 5.74) is 9.13. The molecule has 0 bridgehead atoms. The summed E-state index contributed by atoms with van der Waals surface area (Å²) in [7, 11) is 0. The maximum absolute atomic E-state index is 5.17. The Morgan fingerprint density at radius 1 is 0.588 bits per heavy atom. The third-order valence-corrected chi connectivity index (χ3v) is 7.22. The van der Waals surface area contributed by atoms with Crippen LogP contribution in [0.2, 0.25) is 0 Å². The van der Waals surface area contributed by atoms with E-state index in [1.807, 2.05) is 12.1 Å². The zero-order valence-electron chi connectivity index (χ0n) is 19.5. The molecule has 0 aliphatic carbocycles. The highest BCUT2D eigenvalue weighted by atomic mass is 32.1. The molecule has 168 valence electrons. The first-order chi connectivity index (χ1) is 16.5. The van der Waals surface area contributed by atoms with Crippen molar-refractivity contribution in [2.75, 3.05) is 4.90 Å². The lowest BCUT2D eigenvalue weighted by Gasteiger charge is -2.25. The van der Waals surface area contributed by atoms with Gasteiger partial charge < -0.3 is 4.90 Å². The smallest absolute Gasteiger partial charge is 0.129 e. The third kappa shape index (κ3) is 4.65. The Kier molecular flexibility index (Phi) is 6.27. The number of nitrogens with zero attached hydrogens (tertiary/aromatic N) is 2. The predicted octanol–water partition coefficient (Wildman–Crippen LogP) is 9.16. The van der Waals surface area contributed by atoms with E-state index in [0.717, 1.165) is 43.1 Å². The van der Waals surface area contributed by atoms with Crippen LogP contribution in [0.3, 0.4) is 0 Å². The molecule has 0 unspecified atom stereocenters. The van der Waals surface area contributed by atoms with Gasteiger partial charge in [-0.1, -0.05) is 88.7 Å². The fourth-order valence-corrected chi connectivity index (χ4v) is 5.15. The fraction of sp³-hybridized carbons (Fsp3) is 0.100. The average molecular weight is 479 g/mol. The molecule has 5 aromatic rings. The van der Waals surface area contributed by atoms with Gasteiger partial charge in [0.2, 0.25) is 0 Å². The number of anilines is 3. The second kappa shape index (κ2) is 9.49. The van der Waals surface area contributed by atoms with Crippen LogP contribution in [0.1, 0.15) is 16.7 Å². The highest BCUT2D eigenvalue weighted by molar-refractivity contribution is 7.80. The highest BCUT2D eigenvalue weighted by Crippen LogP contribution is 2.46. The van der Waals surface area contributed by atoms with E-state index in [-0.39, 0.29) is 0 Å². The lowest BCUT2D eigenvalue weighted by atomic mass is 10.1. The lowest BCUT2D eigenvalue weighted by Crippen LogP contribution is -2.09. The Bertz CT molecular complexity index is 1350. The fourth-order valence-electron chi connectivity index (χ4n) is 3.86. The van der Waals surface area contributed by atoms with E-state index in [1.165, 1.54) is 16.7 Å². The van der Waals surface area contributed by atoms with Gasteiger partial charge in [-0.25, -0.2) is 4.98 Å². The van der Waals surface area contributed by atoms with Crippen molar-refractivity contribution in [3.05, 3.63) is 114 Å². The molecule has 0 aliphatic heterocycles. The van der Waals surface area contributed by atoms with Crippen molar-refractivity contribution >= 4 is 40.3 Å². The van der Waals surface area contributed by atoms with Gasteiger partial charge in [0, 0.05) is 27.4 Å². The van der Waals surface area contributed by atoms with Crippen LogP contribution in [0, 0.1) is 20.8 Å². The maximum atomic E-state index is 5.17. The summed E-state index contributed by atoms with van der Waals surface area (Å²) < 4.78 is 0. The summed E-state index contributed by atoms with van der Waals surface area (Å²) in [6, 6.07) is 34.2. The van der Waals surface area contributed by atoms with Crippen molar-refractivity contribution in [1.82, 2.24) is 4.98 Å². The number of aromatic nitrogens is 1. The molecular weight excluding hydrogens is 452 g/mol. The molecule has 0 radical (unpaired) electrons. The van der Waals surface area contributed by atoms with Crippen LogP contribution >= 0.6 is 24.0 Å². The van der Waals surface area contributed by atoms with E-state index in [0.29, 0.717) is 0 Å². The molecule has 34 heavy (non-hydrogen) atoms. The van der Waals surface area contributed by atoms with Gasteiger partial charge >= 0.3 is 0 Å². The van der Waals surface area contributed by atoms with E-state index in [1.54, 1.807) is 11.3 Å². The Morgan fingerprint density at radius 2 is 1.03 bits per heavy atom. The molecule has 0 aliphatic rings. The molecule has 1 heterocycles. The van der Waals surface area contributed by atoms with Gasteiger partial charge in [0.05, 0.1) is 0 Å². The number of hydrogen-bond donors (Lipinski definition) is 1. The molecule has 0 fully saturated rings. The van der Waals surface area contributed by atoms with Crippen LogP contribution in [0.4, 0.5) is 16.4 Å². The predicted molar refractivity (Wildman–Crippen MR) is 149 cm³/mol. The molecule has 0 N–H and O–H groups in total. The first-order valence-electron chi connectivity index (χ1n) is 11.3. The van der Waals surface area contributed by atoms with Gasteiger partial charge in [-0.3, -0.25) is 0 Å². The Labute approximate surface area is 211 Å². The van der Waals surface area contributed by atoms with Crippen LogP contribution in [0.15, 0.2) is 102 Å². The molecule has 0 saturated carbocycles. The SMILES string of the molecule is Cc1ccc(-c2nc(-c3ccc(S)cc3)sc2N(c2ccc(C)cc2)c2ccc(C)cc2)cc1. The zero-order chi connectivity index (χ0) is 23.7. The van der Waals surface area contributed by atoms with E-state index in [4.69, 9.17) is 4.98 Å². The minimum absolute atomic E-state index is 0.945.